The summed E-state index contributed by atoms with van der Waals surface area (Å²) in [4.78, 5) is 4.32. The molecule has 0 radical (unpaired) electrons. The molecular weight excluding hydrogens is 338 g/mol. The van der Waals surface area contributed by atoms with E-state index in [0.717, 1.165) is 26.8 Å². The summed E-state index contributed by atoms with van der Waals surface area (Å²) in [6.45, 7) is 0. The van der Waals surface area contributed by atoms with Gasteiger partial charge in [-0.1, -0.05) is 23.7 Å². The highest BCUT2D eigenvalue weighted by Gasteiger charge is 2.05. The Morgan fingerprint density at radius 2 is 2.00 bits per heavy atom. The topological polar surface area (TPSA) is 50.9 Å². The van der Waals surface area contributed by atoms with Crippen LogP contribution in [0.3, 0.4) is 0 Å². The summed E-state index contributed by atoms with van der Waals surface area (Å²) in [6, 6.07) is 13.4. The van der Waals surface area contributed by atoms with Crippen LogP contribution >= 0.6 is 27.5 Å². The predicted octanol–water partition coefficient (Wildman–Crippen LogP) is 4.98. The van der Waals surface area contributed by atoms with E-state index in [2.05, 4.69) is 26.2 Å². The number of rotatable bonds is 2. The van der Waals surface area contributed by atoms with Gasteiger partial charge < -0.3 is 11.1 Å². The molecule has 3 rings (SSSR count). The molecule has 0 fully saturated rings. The van der Waals surface area contributed by atoms with Crippen molar-refractivity contribution in [3.8, 4) is 0 Å². The Labute approximate surface area is 129 Å². The largest absolute Gasteiger partial charge is 0.397 e. The zero-order valence-electron chi connectivity index (χ0n) is 10.4. The molecule has 0 amide bonds. The van der Waals surface area contributed by atoms with Crippen molar-refractivity contribution in [1.82, 2.24) is 4.98 Å². The maximum absolute atomic E-state index is 6.10. The fourth-order valence-corrected chi connectivity index (χ4v) is 2.46. The van der Waals surface area contributed by atoms with Gasteiger partial charge in [0.05, 0.1) is 16.2 Å². The number of pyridine rings is 1. The molecule has 0 aliphatic rings. The summed E-state index contributed by atoms with van der Waals surface area (Å²) in [5.41, 5.74) is 9.26. The Kier molecular flexibility index (Phi) is 3.51. The Balaban J connectivity index is 2.06. The average Bonchev–Trinajstić information content (AvgIpc) is 2.44. The molecule has 0 saturated carbocycles. The van der Waals surface area contributed by atoms with Crippen molar-refractivity contribution in [2.24, 2.45) is 0 Å². The minimum Gasteiger partial charge on any atom is -0.397 e. The zero-order chi connectivity index (χ0) is 14.1. The Bertz CT molecular complexity index is 789. The summed E-state index contributed by atoms with van der Waals surface area (Å²) in [6.07, 6.45) is 1.74. The van der Waals surface area contributed by atoms with Gasteiger partial charge in [-0.3, -0.25) is 4.98 Å². The fraction of sp³-hybridized carbons (Fsp3) is 0. The van der Waals surface area contributed by atoms with Crippen LogP contribution in [0.5, 0.6) is 0 Å². The quantitative estimate of drug-likeness (QED) is 0.642. The highest BCUT2D eigenvalue weighted by molar-refractivity contribution is 9.10. The fourth-order valence-electron chi connectivity index (χ4n) is 2.04. The highest BCUT2D eigenvalue weighted by Crippen LogP contribution is 2.31. The molecule has 0 spiro atoms. The number of nitrogen functional groups attached to an aromatic ring is 1. The smallest absolute Gasteiger partial charge is 0.0951 e. The zero-order valence-corrected chi connectivity index (χ0v) is 12.7. The molecular formula is C15H11BrClN3. The van der Waals surface area contributed by atoms with E-state index in [4.69, 9.17) is 17.3 Å². The number of benzene rings is 2. The second-order valence-corrected chi connectivity index (χ2v) is 5.62. The van der Waals surface area contributed by atoms with Crippen LogP contribution in [0.1, 0.15) is 0 Å². The molecule has 0 aliphatic heterocycles. The lowest BCUT2D eigenvalue weighted by molar-refractivity contribution is 1.40. The number of hydrogen-bond donors (Lipinski definition) is 2. The first-order chi connectivity index (χ1) is 9.65. The van der Waals surface area contributed by atoms with Crippen LogP contribution in [0.4, 0.5) is 17.1 Å². The van der Waals surface area contributed by atoms with Crippen molar-refractivity contribution in [1.29, 1.82) is 0 Å². The second-order valence-electron chi connectivity index (χ2n) is 4.36. The maximum atomic E-state index is 6.10. The molecule has 100 valence electrons. The minimum absolute atomic E-state index is 0.660. The predicted molar refractivity (Wildman–Crippen MR) is 88.6 cm³/mol. The van der Waals surface area contributed by atoms with E-state index in [1.165, 1.54) is 0 Å². The molecule has 0 saturated heterocycles. The molecule has 3 nitrogen and oxygen atoms in total. The summed E-state index contributed by atoms with van der Waals surface area (Å²) in [5.74, 6) is 0. The highest BCUT2D eigenvalue weighted by atomic mass is 79.9. The molecule has 0 atom stereocenters. The number of fused-ring (bicyclic) bond motifs is 1. The van der Waals surface area contributed by atoms with Crippen molar-refractivity contribution < 1.29 is 0 Å². The first-order valence-corrected chi connectivity index (χ1v) is 7.17. The van der Waals surface area contributed by atoms with Crippen LogP contribution in [0.15, 0.2) is 53.1 Å². The molecule has 3 N–H and O–H groups in total. The van der Waals surface area contributed by atoms with E-state index in [1.54, 1.807) is 6.20 Å². The van der Waals surface area contributed by atoms with Crippen LogP contribution < -0.4 is 11.1 Å². The van der Waals surface area contributed by atoms with Crippen molar-refractivity contribution in [2.75, 3.05) is 11.1 Å². The molecule has 0 aliphatic carbocycles. The van der Waals surface area contributed by atoms with E-state index in [0.29, 0.717) is 10.7 Å². The lowest BCUT2D eigenvalue weighted by Gasteiger charge is -2.11. The molecule has 1 aromatic heterocycles. The molecule has 2 aromatic carbocycles. The number of hydrogen-bond acceptors (Lipinski definition) is 3. The maximum Gasteiger partial charge on any atom is 0.0951 e. The van der Waals surface area contributed by atoms with Gasteiger partial charge >= 0.3 is 0 Å². The van der Waals surface area contributed by atoms with Crippen LogP contribution in [0, 0.1) is 0 Å². The summed E-state index contributed by atoms with van der Waals surface area (Å²) in [5, 5.41) is 4.98. The molecule has 1 heterocycles. The van der Waals surface area contributed by atoms with E-state index < -0.39 is 0 Å². The van der Waals surface area contributed by atoms with Gasteiger partial charge in [0.1, 0.15) is 0 Å². The van der Waals surface area contributed by atoms with Gasteiger partial charge in [-0.2, -0.15) is 0 Å². The van der Waals surface area contributed by atoms with Crippen LogP contribution in [0.2, 0.25) is 5.02 Å². The standard InChI is InChI=1S/C15H11BrClN3/c16-11-5-4-9(8-12(11)17)20-14-6-7-19-15-10(14)2-1-3-13(15)18/h1-8H,18H2,(H,19,20). The molecule has 3 aromatic rings. The van der Waals surface area contributed by atoms with Crippen molar-refractivity contribution in [3.63, 3.8) is 0 Å². The van der Waals surface area contributed by atoms with Crippen molar-refractivity contribution in [2.45, 2.75) is 0 Å². The van der Waals surface area contributed by atoms with Gasteiger partial charge in [0.2, 0.25) is 0 Å². The second kappa shape index (κ2) is 5.31. The van der Waals surface area contributed by atoms with Gasteiger partial charge in [-0.25, -0.2) is 0 Å². The average molecular weight is 349 g/mol. The summed E-state index contributed by atoms with van der Waals surface area (Å²) < 4.78 is 0.869. The van der Waals surface area contributed by atoms with Crippen molar-refractivity contribution in [3.05, 3.63) is 58.2 Å². The van der Waals surface area contributed by atoms with Crippen LogP contribution in [-0.4, -0.2) is 4.98 Å². The van der Waals surface area contributed by atoms with E-state index in [-0.39, 0.29) is 0 Å². The molecule has 20 heavy (non-hydrogen) atoms. The first-order valence-electron chi connectivity index (χ1n) is 6.00. The Hall–Kier alpha value is -1.78. The van der Waals surface area contributed by atoms with Gasteiger partial charge in [-0.15, -0.1) is 0 Å². The first kappa shape index (κ1) is 13.2. The Morgan fingerprint density at radius 1 is 1.15 bits per heavy atom. The SMILES string of the molecule is Nc1cccc2c(Nc3ccc(Br)c(Cl)c3)ccnc12. The molecule has 0 bridgehead atoms. The van der Waals surface area contributed by atoms with E-state index in [9.17, 15) is 0 Å². The van der Waals surface area contributed by atoms with Gasteiger partial charge in [0.25, 0.3) is 0 Å². The summed E-state index contributed by atoms with van der Waals surface area (Å²) >= 11 is 9.48. The third kappa shape index (κ3) is 2.44. The third-order valence-corrected chi connectivity index (χ3v) is 4.23. The normalized spacial score (nSPS) is 10.7. The molecule has 0 unspecified atom stereocenters. The molecule has 5 heteroatoms. The van der Waals surface area contributed by atoms with E-state index in [1.807, 2.05) is 42.5 Å². The lowest BCUT2D eigenvalue weighted by atomic mass is 10.1. The minimum atomic E-state index is 0.660. The monoisotopic (exact) mass is 347 g/mol. The number of aromatic nitrogens is 1. The number of halogens is 2. The number of para-hydroxylation sites is 1. The lowest BCUT2D eigenvalue weighted by Crippen LogP contribution is -1.95. The van der Waals surface area contributed by atoms with Crippen LogP contribution in [-0.2, 0) is 0 Å². The van der Waals surface area contributed by atoms with E-state index >= 15 is 0 Å². The number of nitrogens with two attached hydrogens (primary N) is 1. The Morgan fingerprint density at radius 3 is 2.80 bits per heavy atom. The van der Waals surface area contributed by atoms with Gasteiger partial charge in [0, 0.05) is 27.4 Å². The van der Waals surface area contributed by atoms with Gasteiger partial charge in [-0.05, 0) is 46.3 Å². The van der Waals surface area contributed by atoms with Crippen LogP contribution in [0.25, 0.3) is 10.9 Å². The number of anilines is 3. The third-order valence-electron chi connectivity index (χ3n) is 3.00. The number of nitrogens with zero attached hydrogens (tertiary/aromatic N) is 1. The number of nitrogens with one attached hydrogen (secondary N) is 1. The van der Waals surface area contributed by atoms with Gasteiger partial charge in [0.15, 0.2) is 0 Å². The van der Waals surface area contributed by atoms with Crippen molar-refractivity contribution >= 4 is 55.5 Å². The summed E-state index contributed by atoms with van der Waals surface area (Å²) in [7, 11) is 0.